The first kappa shape index (κ1) is 22.8. The van der Waals surface area contributed by atoms with E-state index >= 15 is 0 Å². The zero-order chi connectivity index (χ0) is 20.3. The van der Waals surface area contributed by atoms with E-state index in [-0.39, 0.29) is 5.41 Å². The Labute approximate surface area is 164 Å². The van der Waals surface area contributed by atoms with Gasteiger partial charge in [-0.05, 0) is 55.9 Å². The van der Waals surface area contributed by atoms with Gasteiger partial charge in [-0.15, -0.1) is 0 Å². The lowest BCUT2D eigenvalue weighted by molar-refractivity contribution is -0.128. The maximum absolute atomic E-state index is 11.6. The van der Waals surface area contributed by atoms with Crippen molar-refractivity contribution in [2.45, 2.75) is 59.8 Å². The Morgan fingerprint density at radius 2 is 1.81 bits per heavy atom. The third-order valence-electron chi connectivity index (χ3n) is 5.18. The second kappa shape index (κ2) is 11.4. The number of amides is 1. The van der Waals surface area contributed by atoms with Crippen LogP contribution in [0.4, 0.5) is 0 Å². The van der Waals surface area contributed by atoms with Crippen LogP contribution in [0, 0.1) is 5.41 Å². The summed E-state index contributed by atoms with van der Waals surface area (Å²) in [6.45, 7) is 12.7. The van der Waals surface area contributed by atoms with Gasteiger partial charge in [-0.1, -0.05) is 69.7 Å². The minimum atomic E-state index is 0.00347. The number of nitrogens with one attached hydrogen (secondary N) is 1. The molecule has 0 saturated carbocycles. The zero-order valence-corrected chi connectivity index (χ0v) is 17.3. The monoisotopic (exact) mass is 369 g/mol. The summed E-state index contributed by atoms with van der Waals surface area (Å²) in [5, 5.41) is 12.6. The van der Waals surface area contributed by atoms with Gasteiger partial charge >= 0.3 is 0 Å². The average molecular weight is 370 g/mol. The Kier molecular flexibility index (Phi) is 9.63. The van der Waals surface area contributed by atoms with E-state index in [0.717, 1.165) is 55.4 Å². The minimum absolute atomic E-state index is 0.00347. The first-order valence-corrected chi connectivity index (χ1v) is 9.98. The molecule has 0 bridgehead atoms. The van der Waals surface area contributed by atoms with E-state index in [4.69, 9.17) is 0 Å². The number of hydrogen-bond acceptors (Lipinski definition) is 2. The smallest absolute Gasteiger partial charge is 0.226 e. The molecule has 1 fully saturated rings. The predicted molar refractivity (Wildman–Crippen MR) is 115 cm³/mol. The predicted octanol–water partition coefficient (Wildman–Crippen LogP) is 6.20. The Morgan fingerprint density at radius 1 is 1.22 bits per heavy atom. The van der Waals surface area contributed by atoms with Crippen molar-refractivity contribution in [2.24, 2.45) is 5.41 Å². The normalized spacial score (nSPS) is 16.7. The molecule has 0 unspecified atom stereocenters. The summed E-state index contributed by atoms with van der Waals surface area (Å²) in [6.07, 6.45) is 8.86. The van der Waals surface area contributed by atoms with Gasteiger partial charge < -0.3 is 10.4 Å². The van der Waals surface area contributed by atoms with Gasteiger partial charge in [0.15, 0.2) is 0 Å². The molecule has 27 heavy (non-hydrogen) atoms. The average Bonchev–Trinajstić information content (AvgIpc) is 3.03. The van der Waals surface area contributed by atoms with Crippen molar-refractivity contribution in [3.8, 4) is 0 Å². The summed E-state index contributed by atoms with van der Waals surface area (Å²) < 4.78 is 0. The lowest BCUT2D eigenvalue weighted by Crippen LogP contribution is -2.30. The van der Waals surface area contributed by atoms with Gasteiger partial charge in [-0.3, -0.25) is 4.79 Å². The van der Waals surface area contributed by atoms with E-state index in [0.29, 0.717) is 11.7 Å². The molecule has 1 aromatic carbocycles. The topological polar surface area (TPSA) is 49.3 Å². The van der Waals surface area contributed by atoms with Crippen molar-refractivity contribution in [2.75, 3.05) is 6.54 Å². The van der Waals surface area contributed by atoms with Crippen LogP contribution in [0.5, 0.6) is 0 Å². The number of carbonyl (C=O) groups is 1. The zero-order valence-electron chi connectivity index (χ0n) is 17.3. The molecule has 2 rings (SSSR count). The Hall–Kier alpha value is -2.29. The molecule has 1 aliphatic rings. The molecule has 0 aliphatic carbocycles. The number of hydrogen-bond donors (Lipinski definition) is 2. The molecule has 1 saturated heterocycles. The Balaban J connectivity index is 0.000000277. The summed E-state index contributed by atoms with van der Waals surface area (Å²) in [5.41, 5.74) is 2.88. The highest BCUT2D eigenvalue weighted by Gasteiger charge is 2.40. The van der Waals surface area contributed by atoms with Crippen molar-refractivity contribution in [3.63, 3.8) is 0 Å². The molecule has 3 nitrogen and oxygen atoms in total. The fourth-order valence-electron chi connectivity index (χ4n) is 3.74. The summed E-state index contributed by atoms with van der Waals surface area (Å²) >= 11 is 0. The number of carbonyl (C=O) groups excluding carboxylic acids is 1. The first-order valence-electron chi connectivity index (χ1n) is 9.98. The van der Waals surface area contributed by atoms with Crippen molar-refractivity contribution >= 4 is 11.5 Å². The van der Waals surface area contributed by atoms with E-state index in [2.05, 4.69) is 25.7 Å². The van der Waals surface area contributed by atoms with Gasteiger partial charge in [0, 0.05) is 6.54 Å². The minimum Gasteiger partial charge on any atom is -0.508 e. The molecule has 3 heteroatoms. The van der Waals surface area contributed by atoms with Crippen LogP contribution in [0.1, 0.15) is 65.4 Å². The molecular formula is C24H35NO2. The Bertz CT molecular complexity index is 665. The van der Waals surface area contributed by atoms with Gasteiger partial charge in [-0.2, -0.15) is 0 Å². The van der Waals surface area contributed by atoms with Crippen LogP contribution in [0.25, 0.3) is 5.57 Å². The molecule has 1 amide bonds. The first-order chi connectivity index (χ1) is 13.0. The summed E-state index contributed by atoms with van der Waals surface area (Å²) in [4.78, 5) is 11.6. The van der Waals surface area contributed by atoms with E-state index in [1.54, 1.807) is 12.2 Å². The van der Waals surface area contributed by atoms with Crippen molar-refractivity contribution < 1.29 is 9.90 Å². The van der Waals surface area contributed by atoms with Gasteiger partial charge in [-0.25, -0.2) is 0 Å². The van der Waals surface area contributed by atoms with Crippen molar-refractivity contribution in [1.29, 1.82) is 0 Å². The molecule has 2 N–H and O–H groups in total. The molecule has 148 valence electrons. The van der Waals surface area contributed by atoms with E-state index in [1.165, 1.54) is 0 Å². The molecule has 0 radical (unpaired) electrons. The summed E-state index contributed by atoms with van der Waals surface area (Å²) in [6, 6.07) is 9.92. The third kappa shape index (κ3) is 6.13. The third-order valence-corrected chi connectivity index (χ3v) is 5.18. The van der Waals surface area contributed by atoms with Crippen molar-refractivity contribution in [1.82, 2.24) is 5.32 Å². The van der Waals surface area contributed by atoms with Crippen molar-refractivity contribution in [3.05, 3.63) is 66.0 Å². The van der Waals surface area contributed by atoms with E-state index in [9.17, 15) is 9.90 Å². The highest BCUT2D eigenvalue weighted by Crippen LogP contribution is 2.36. The van der Waals surface area contributed by atoms with Crippen LogP contribution in [0.3, 0.4) is 0 Å². The number of aliphatic hydroxyl groups is 1. The molecule has 1 aliphatic heterocycles. The van der Waals surface area contributed by atoms with Gasteiger partial charge in [0.2, 0.25) is 5.91 Å². The van der Waals surface area contributed by atoms with Gasteiger partial charge in [0.05, 0.1) is 5.41 Å². The fraction of sp³-hybridized carbons (Fsp3) is 0.458. The lowest BCUT2D eigenvalue weighted by atomic mass is 9.78. The quantitative estimate of drug-likeness (QED) is 0.444. The SMILES string of the molecule is C=C/C(=C(C)\C(O)=C/C)c1ccccc1.CCCC1(CCC)CCNC1=O. The van der Waals surface area contributed by atoms with Crippen LogP contribution < -0.4 is 5.32 Å². The van der Waals surface area contributed by atoms with Crippen LogP contribution in [-0.2, 0) is 4.79 Å². The maximum atomic E-state index is 11.6. The molecule has 0 aromatic heterocycles. The highest BCUT2D eigenvalue weighted by molar-refractivity contribution is 5.84. The van der Waals surface area contributed by atoms with Crippen LogP contribution in [0.15, 0.2) is 60.4 Å². The molecule has 0 atom stereocenters. The van der Waals surface area contributed by atoms with Crippen LogP contribution >= 0.6 is 0 Å². The summed E-state index contributed by atoms with van der Waals surface area (Å²) in [5.74, 6) is 0.597. The van der Waals surface area contributed by atoms with Crippen LogP contribution in [0.2, 0.25) is 0 Å². The maximum Gasteiger partial charge on any atom is 0.226 e. The second-order valence-corrected chi connectivity index (χ2v) is 7.07. The number of benzene rings is 1. The Morgan fingerprint density at radius 3 is 2.22 bits per heavy atom. The molecular weight excluding hydrogens is 334 g/mol. The number of aliphatic hydroxyl groups excluding tert-OH is 1. The largest absolute Gasteiger partial charge is 0.508 e. The summed E-state index contributed by atoms with van der Waals surface area (Å²) in [7, 11) is 0. The molecule has 0 spiro atoms. The molecule has 1 heterocycles. The number of allylic oxidation sites excluding steroid dienone is 4. The second-order valence-electron chi connectivity index (χ2n) is 7.07. The van der Waals surface area contributed by atoms with Gasteiger partial charge in [0.25, 0.3) is 0 Å². The lowest BCUT2D eigenvalue weighted by Gasteiger charge is -2.24. The van der Waals surface area contributed by atoms with E-state index < -0.39 is 0 Å². The molecule has 1 aromatic rings. The standard InChI is InChI=1S/C14H16O.C10H19NO/c1-4-13(11(3)14(15)5-2)12-9-7-6-8-10-12;1-3-5-10(6-4-2)7-8-11-9(10)12/h4-10,15H,1H2,2-3H3;3-8H2,1-2H3,(H,11,12)/b13-11+,14-5+;. The number of rotatable bonds is 7. The highest BCUT2D eigenvalue weighted by atomic mass is 16.3. The van der Waals surface area contributed by atoms with Crippen LogP contribution in [-0.4, -0.2) is 17.6 Å². The van der Waals surface area contributed by atoms with Gasteiger partial charge in [0.1, 0.15) is 5.76 Å². The van der Waals surface area contributed by atoms with E-state index in [1.807, 2.05) is 44.2 Å². The fourth-order valence-corrected chi connectivity index (χ4v) is 3.74.